The molecule has 0 aliphatic heterocycles. The van der Waals surface area contributed by atoms with E-state index in [0.717, 1.165) is 24.4 Å². The van der Waals surface area contributed by atoms with Gasteiger partial charge in [0.1, 0.15) is 0 Å². The Hall–Kier alpha value is -1.09. The molecular weight excluding hydrogens is 276 g/mol. The minimum absolute atomic E-state index is 0.565. The topological polar surface area (TPSA) is 24.1 Å². The summed E-state index contributed by atoms with van der Waals surface area (Å²) in [6.45, 7) is 6.65. The van der Waals surface area contributed by atoms with E-state index in [4.69, 9.17) is 12.2 Å². The van der Waals surface area contributed by atoms with Crippen molar-refractivity contribution in [3.63, 3.8) is 0 Å². The molecule has 1 fully saturated rings. The summed E-state index contributed by atoms with van der Waals surface area (Å²) in [6, 6.07) is 5.20. The van der Waals surface area contributed by atoms with Crippen LogP contribution in [-0.2, 0) is 19.3 Å². The van der Waals surface area contributed by atoms with E-state index in [1.165, 1.54) is 48.1 Å². The van der Waals surface area contributed by atoms with Crippen LogP contribution in [-0.4, -0.2) is 11.2 Å². The number of rotatable bonds is 5. The first-order valence-electron chi connectivity index (χ1n) is 8.40. The van der Waals surface area contributed by atoms with Gasteiger partial charge in [-0.05, 0) is 61.0 Å². The second-order valence-corrected chi connectivity index (χ2v) is 6.34. The Bertz CT molecular complexity index is 465. The van der Waals surface area contributed by atoms with Crippen LogP contribution in [0.3, 0.4) is 0 Å². The van der Waals surface area contributed by atoms with E-state index < -0.39 is 0 Å². The molecule has 0 bridgehead atoms. The minimum Gasteiger partial charge on any atom is -0.360 e. The molecule has 0 spiro atoms. The van der Waals surface area contributed by atoms with Gasteiger partial charge in [-0.3, -0.25) is 0 Å². The molecule has 0 unspecified atom stereocenters. The first kappa shape index (κ1) is 16.3. The van der Waals surface area contributed by atoms with Crippen LogP contribution in [0.25, 0.3) is 0 Å². The van der Waals surface area contributed by atoms with Gasteiger partial charge in [0.2, 0.25) is 0 Å². The number of nitrogens with one attached hydrogen (secondary N) is 2. The molecule has 0 heterocycles. The third-order valence-electron chi connectivity index (χ3n) is 4.46. The van der Waals surface area contributed by atoms with Gasteiger partial charge in [0, 0.05) is 11.7 Å². The molecular formula is C18H28N2S. The van der Waals surface area contributed by atoms with Crippen LogP contribution in [0.5, 0.6) is 0 Å². The lowest BCUT2D eigenvalue weighted by atomic mass is 9.98. The summed E-state index contributed by atoms with van der Waals surface area (Å²) in [5.74, 6) is 0. The molecule has 2 rings (SSSR count). The predicted octanol–water partition coefficient (Wildman–Crippen LogP) is 4.60. The lowest BCUT2D eigenvalue weighted by Crippen LogP contribution is -2.36. The van der Waals surface area contributed by atoms with Gasteiger partial charge in [0.25, 0.3) is 0 Å². The number of aryl methyl sites for hydroxylation is 3. The van der Waals surface area contributed by atoms with Gasteiger partial charge in [-0.2, -0.15) is 0 Å². The van der Waals surface area contributed by atoms with Crippen molar-refractivity contribution in [2.24, 2.45) is 0 Å². The van der Waals surface area contributed by atoms with E-state index in [9.17, 15) is 0 Å². The maximum Gasteiger partial charge on any atom is 0.171 e. The zero-order valence-corrected chi connectivity index (χ0v) is 14.4. The van der Waals surface area contributed by atoms with Gasteiger partial charge in [-0.1, -0.05) is 45.7 Å². The SMILES string of the molecule is CCc1cc(CC)c(NC(=S)NC2CCCC2)c(CC)c1. The van der Waals surface area contributed by atoms with Crippen molar-refractivity contribution in [1.82, 2.24) is 5.32 Å². The van der Waals surface area contributed by atoms with Crippen molar-refractivity contribution >= 4 is 23.0 Å². The summed E-state index contributed by atoms with van der Waals surface area (Å²) in [6.07, 6.45) is 8.31. The fourth-order valence-electron chi connectivity index (χ4n) is 3.17. The van der Waals surface area contributed by atoms with Crippen LogP contribution in [0.4, 0.5) is 5.69 Å². The fraction of sp³-hybridized carbons (Fsp3) is 0.611. The third kappa shape index (κ3) is 4.19. The van der Waals surface area contributed by atoms with Crippen molar-refractivity contribution in [3.05, 3.63) is 28.8 Å². The zero-order chi connectivity index (χ0) is 15.2. The number of hydrogen-bond donors (Lipinski definition) is 2. The van der Waals surface area contributed by atoms with Gasteiger partial charge in [-0.25, -0.2) is 0 Å². The van der Waals surface area contributed by atoms with Gasteiger partial charge in [-0.15, -0.1) is 0 Å². The molecule has 1 aromatic rings. The van der Waals surface area contributed by atoms with Gasteiger partial charge in [0.05, 0.1) is 0 Å². The van der Waals surface area contributed by atoms with Gasteiger partial charge in [0.15, 0.2) is 5.11 Å². The maximum absolute atomic E-state index is 5.53. The normalized spacial score (nSPS) is 15.2. The molecule has 21 heavy (non-hydrogen) atoms. The Morgan fingerprint density at radius 3 is 2.10 bits per heavy atom. The average Bonchev–Trinajstić information content (AvgIpc) is 3.00. The van der Waals surface area contributed by atoms with Crippen LogP contribution in [0, 0.1) is 0 Å². The Morgan fingerprint density at radius 2 is 1.62 bits per heavy atom. The van der Waals surface area contributed by atoms with Crippen LogP contribution in [0.1, 0.15) is 63.1 Å². The smallest absolute Gasteiger partial charge is 0.171 e. The first-order valence-corrected chi connectivity index (χ1v) is 8.80. The Morgan fingerprint density at radius 1 is 1.05 bits per heavy atom. The molecule has 1 aromatic carbocycles. The predicted molar refractivity (Wildman–Crippen MR) is 96.2 cm³/mol. The molecule has 2 nitrogen and oxygen atoms in total. The van der Waals surface area contributed by atoms with Gasteiger partial charge < -0.3 is 10.6 Å². The summed E-state index contributed by atoms with van der Waals surface area (Å²) in [4.78, 5) is 0. The zero-order valence-electron chi connectivity index (χ0n) is 13.6. The van der Waals surface area contributed by atoms with Crippen LogP contribution >= 0.6 is 12.2 Å². The molecule has 1 aliphatic rings. The Balaban J connectivity index is 2.15. The van der Waals surface area contributed by atoms with E-state index in [2.05, 4.69) is 43.5 Å². The van der Waals surface area contributed by atoms with Crippen molar-refractivity contribution in [3.8, 4) is 0 Å². The van der Waals surface area contributed by atoms with Crippen molar-refractivity contribution in [2.75, 3.05) is 5.32 Å². The largest absolute Gasteiger partial charge is 0.360 e. The lowest BCUT2D eigenvalue weighted by Gasteiger charge is -2.20. The molecule has 0 atom stereocenters. The third-order valence-corrected chi connectivity index (χ3v) is 4.68. The molecule has 0 aromatic heterocycles. The molecule has 2 N–H and O–H groups in total. The van der Waals surface area contributed by atoms with E-state index in [1.807, 2.05) is 0 Å². The van der Waals surface area contributed by atoms with E-state index in [-0.39, 0.29) is 0 Å². The number of thiocarbonyl (C=S) groups is 1. The monoisotopic (exact) mass is 304 g/mol. The first-order chi connectivity index (χ1) is 10.2. The summed E-state index contributed by atoms with van der Waals surface area (Å²) >= 11 is 5.53. The summed E-state index contributed by atoms with van der Waals surface area (Å²) in [5.41, 5.74) is 5.40. The number of hydrogen-bond acceptors (Lipinski definition) is 1. The molecule has 1 aliphatic carbocycles. The molecule has 3 heteroatoms. The number of anilines is 1. The van der Waals surface area contributed by atoms with E-state index in [1.54, 1.807) is 0 Å². The molecule has 0 saturated heterocycles. The van der Waals surface area contributed by atoms with Crippen molar-refractivity contribution in [2.45, 2.75) is 71.8 Å². The lowest BCUT2D eigenvalue weighted by molar-refractivity contribution is 0.634. The Labute approximate surface area is 134 Å². The highest BCUT2D eigenvalue weighted by Crippen LogP contribution is 2.26. The highest BCUT2D eigenvalue weighted by atomic mass is 32.1. The van der Waals surface area contributed by atoms with Crippen molar-refractivity contribution < 1.29 is 0 Å². The minimum atomic E-state index is 0.565. The highest BCUT2D eigenvalue weighted by molar-refractivity contribution is 7.80. The quantitative estimate of drug-likeness (QED) is 0.777. The van der Waals surface area contributed by atoms with Crippen LogP contribution in [0.2, 0.25) is 0 Å². The van der Waals surface area contributed by atoms with Crippen LogP contribution in [0.15, 0.2) is 12.1 Å². The number of benzene rings is 1. The molecule has 116 valence electrons. The van der Waals surface area contributed by atoms with Crippen molar-refractivity contribution in [1.29, 1.82) is 0 Å². The van der Waals surface area contributed by atoms with Gasteiger partial charge >= 0.3 is 0 Å². The summed E-state index contributed by atoms with van der Waals surface area (Å²) < 4.78 is 0. The Kier molecular flexibility index (Phi) is 6.04. The molecule has 0 radical (unpaired) electrons. The van der Waals surface area contributed by atoms with Crippen LogP contribution < -0.4 is 10.6 Å². The summed E-state index contributed by atoms with van der Waals surface area (Å²) in [5, 5.41) is 7.75. The van der Waals surface area contributed by atoms with E-state index >= 15 is 0 Å². The fourth-order valence-corrected chi connectivity index (χ4v) is 3.44. The average molecular weight is 305 g/mol. The summed E-state index contributed by atoms with van der Waals surface area (Å²) in [7, 11) is 0. The maximum atomic E-state index is 5.53. The second kappa shape index (κ2) is 7.79. The molecule has 1 saturated carbocycles. The standard InChI is InChI=1S/C18H28N2S/c1-4-13-11-14(5-2)17(15(6-3)12-13)20-18(21)19-16-9-7-8-10-16/h11-12,16H,4-10H2,1-3H3,(H2,19,20,21). The molecule has 0 amide bonds. The second-order valence-electron chi connectivity index (χ2n) is 5.93. The highest BCUT2D eigenvalue weighted by Gasteiger charge is 2.16. The van der Waals surface area contributed by atoms with E-state index in [0.29, 0.717) is 6.04 Å².